The van der Waals surface area contributed by atoms with E-state index in [9.17, 15) is 26.0 Å². The second-order valence-electron chi connectivity index (χ2n) is 4.63. The molecule has 0 fully saturated rings. The highest BCUT2D eigenvalue weighted by atomic mass is 32.2. The lowest BCUT2D eigenvalue weighted by Gasteiger charge is -2.09. The maximum absolute atomic E-state index is 13.3. The van der Waals surface area contributed by atoms with E-state index in [0.717, 1.165) is 18.2 Å². The van der Waals surface area contributed by atoms with Crippen molar-refractivity contribution < 1.29 is 26.0 Å². The molecule has 3 nitrogen and oxygen atoms in total. The molecule has 0 saturated heterocycles. The molecule has 2 rings (SSSR count). The Balaban J connectivity index is 2.12. The molecule has 126 valence electrons. The number of nitrogens with one attached hydrogen (secondary N) is 1. The van der Waals surface area contributed by atoms with Gasteiger partial charge in [0.1, 0.15) is 5.82 Å². The van der Waals surface area contributed by atoms with Gasteiger partial charge in [0.05, 0.1) is 22.6 Å². The molecular weight excluding hydrogens is 346 g/mol. The summed E-state index contributed by atoms with van der Waals surface area (Å²) in [6.07, 6.45) is -4.64. The quantitative estimate of drug-likeness (QED) is 0.678. The molecule has 2 aromatic carbocycles. The first-order valence-electron chi connectivity index (χ1n) is 6.60. The average Bonchev–Trinajstić information content (AvgIpc) is 2.52. The van der Waals surface area contributed by atoms with Gasteiger partial charge >= 0.3 is 6.18 Å². The molecule has 2 aromatic rings. The predicted octanol–water partition coefficient (Wildman–Crippen LogP) is 3.17. The zero-order valence-corrected chi connectivity index (χ0v) is 12.9. The van der Waals surface area contributed by atoms with E-state index in [-0.39, 0.29) is 12.1 Å². The maximum atomic E-state index is 13.3. The van der Waals surface area contributed by atoms with Crippen LogP contribution in [0.15, 0.2) is 53.4 Å². The van der Waals surface area contributed by atoms with Crippen LogP contribution in [0.3, 0.4) is 0 Å². The van der Waals surface area contributed by atoms with Crippen molar-refractivity contribution in [3.63, 3.8) is 0 Å². The Morgan fingerprint density at radius 3 is 2.42 bits per heavy atom. The van der Waals surface area contributed by atoms with Gasteiger partial charge in [-0.15, -0.1) is 0 Å². The average molecular weight is 357 g/mol. The Hall–Kier alpha value is -2.37. The number of rotatable bonds is 3. The number of hydrogen-bond acceptors (Lipinski definition) is 2. The molecule has 0 unspecified atom stereocenters. The molecule has 0 amide bonds. The molecule has 0 heterocycles. The molecular formula is C16H11F4NO2S. The monoisotopic (exact) mass is 357 g/mol. The fourth-order valence-corrected chi connectivity index (χ4v) is 2.72. The van der Waals surface area contributed by atoms with Gasteiger partial charge in [-0.3, -0.25) is 0 Å². The lowest BCUT2D eigenvalue weighted by Crippen LogP contribution is -2.24. The third-order valence-electron chi connectivity index (χ3n) is 2.92. The van der Waals surface area contributed by atoms with E-state index in [1.807, 2.05) is 0 Å². The van der Waals surface area contributed by atoms with Crippen LogP contribution < -0.4 is 4.72 Å². The summed E-state index contributed by atoms with van der Waals surface area (Å²) in [5.74, 6) is 4.30. The van der Waals surface area contributed by atoms with Crippen LogP contribution in [0, 0.1) is 17.7 Å². The van der Waals surface area contributed by atoms with E-state index in [1.54, 1.807) is 6.07 Å². The number of alkyl halides is 3. The number of halogens is 4. The number of benzene rings is 2. The Bertz CT molecular complexity index is 896. The lowest BCUT2D eigenvalue weighted by atomic mass is 10.2. The van der Waals surface area contributed by atoms with Crippen LogP contribution in [-0.2, 0) is 16.2 Å². The van der Waals surface area contributed by atoms with Gasteiger partial charge < -0.3 is 0 Å². The largest absolute Gasteiger partial charge is 0.416 e. The second kappa shape index (κ2) is 7.03. The van der Waals surface area contributed by atoms with Crippen LogP contribution in [0.25, 0.3) is 0 Å². The lowest BCUT2D eigenvalue weighted by molar-refractivity contribution is -0.137. The molecule has 0 saturated carbocycles. The van der Waals surface area contributed by atoms with Crippen molar-refractivity contribution in [2.45, 2.75) is 11.1 Å². The summed E-state index contributed by atoms with van der Waals surface area (Å²) in [5.41, 5.74) is -0.974. The van der Waals surface area contributed by atoms with Gasteiger partial charge in [-0.1, -0.05) is 30.0 Å². The molecule has 0 spiro atoms. The van der Waals surface area contributed by atoms with Gasteiger partial charge in [0.25, 0.3) is 0 Å². The fraction of sp³-hybridized carbons (Fsp3) is 0.125. The van der Waals surface area contributed by atoms with E-state index >= 15 is 0 Å². The topological polar surface area (TPSA) is 46.2 Å². The van der Waals surface area contributed by atoms with E-state index in [4.69, 9.17) is 0 Å². The standard InChI is InChI=1S/C16H11F4NO2S/c17-15-9-2-1-5-12(15)6-4-10-21-24(22,23)14-8-3-7-13(11-14)16(18,19)20/h1-3,5,7-9,11,21H,10H2. The van der Waals surface area contributed by atoms with Gasteiger partial charge in [-0.2, -0.15) is 17.9 Å². The third kappa shape index (κ3) is 4.57. The SMILES string of the molecule is O=S(=O)(NCC#Cc1ccccc1F)c1cccc(C(F)(F)F)c1. The molecule has 0 aliphatic heterocycles. The van der Waals surface area contributed by atoms with Gasteiger partial charge in [-0.05, 0) is 30.3 Å². The van der Waals surface area contributed by atoms with Crippen LogP contribution in [0.5, 0.6) is 0 Å². The van der Waals surface area contributed by atoms with E-state index < -0.39 is 32.5 Å². The van der Waals surface area contributed by atoms with Crippen LogP contribution in [0.2, 0.25) is 0 Å². The first kappa shape index (κ1) is 18.0. The molecule has 0 aromatic heterocycles. The number of sulfonamides is 1. The predicted molar refractivity (Wildman–Crippen MR) is 79.9 cm³/mol. The van der Waals surface area contributed by atoms with Crippen LogP contribution >= 0.6 is 0 Å². The van der Waals surface area contributed by atoms with Gasteiger partial charge in [0, 0.05) is 0 Å². The Labute approximate surface area is 136 Å². The van der Waals surface area contributed by atoms with Gasteiger partial charge in [-0.25, -0.2) is 12.8 Å². The fourth-order valence-electron chi connectivity index (χ4n) is 1.76. The van der Waals surface area contributed by atoms with Crippen molar-refractivity contribution in [1.82, 2.24) is 4.72 Å². The summed E-state index contributed by atoms with van der Waals surface area (Å²) in [7, 11) is -4.15. The molecule has 1 N–H and O–H groups in total. The summed E-state index contributed by atoms with van der Waals surface area (Å²) in [4.78, 5) is -0.523. The van der Waals surface area contributed by atoms with Gasteiger partial charge in [0.2, 0.25) is 10.0 Å². The molecule has 0 aliphatic carbocycles. The van der Waals surface area contributed by atoms with E-state index in [2.05, 4.69) is 16.6 Å². The van der Waals surface area contributed by atoms with E-state index in [0.29, 0.717) is 6.07 Å². The summed E-state index contributed by atoms with van der Waals surface area (Å²) in [5, 5.41) is 0. The molecule has 0 radical (unpaired) electrons. The van der Waals surface area contributed by atoms with Crippen molar-refractivity contribution in [3.8, 4) is 11.8 Å². The zero-order valence-electron chi connectivity index (χ0n) is 12.1. The minimum atomic E-state index is -4.64. The van der Waals surface area contributed by atoms with Crippen molar-refractivity contribution in [2.75, 3.05) is 6.54 Å². The molecule has 0 bridgehead atoms. The Kier molecular flexibility index (Phi) is 5.26. The third-order valence-corrected chi connectivity index (χ3v) is 4.32. The zero-order chi connectivity index (χ0) is 17.8. The highest BCUT2D eigenvalue weighted by Gasteiger charge is 2.31. The van der Waals surface area contributed by atoms with Crippen LogP contribution in [0.4, 0.5) is 17.6 Å². The van der Waals surface area contributed by atoms with Crippen LogP contribution in [-0.4, -0.2) is 15.0 Å². The maximum Gasteiger partial charge on any atom is 0.416 e. The highest BCUT2D eigenvalue weighted by Crippen LogP contribution is 2.30. The summed E-state index contributed by atoms with van der Waals surface area (Å²) in [6.45, 7) is -0.368. The highest BCUT2D eigenvalue weighted by molar-refractivity contribution is 7.89. The summed E-state index contributed by atoms with van der Waals surface area (Å²) in [6, 6.07) is 9.03. The van der Waals surface area contributed by atoms with Crippen molar-refractivity contribution >= 4 is 10.0 Å². The molecule has 24 heavy (non-hydrogen) atoms. The molecule has 0 atom stereocenters. The number of hydrogen-bond donors (Lipinski definition) is 1. The Morgan fingerprint density at radius 2 is 1.75 bits per heavy atom. The van der Waals surface area contributed by atoms with Crippen molar-refractivity contribution in [1.29, 1.82) is 0 Å². The Morgan fingerprint density at radius 1 is 1.04 bits per heavy atom. The minimum Gasteiger partial charge on any atom is -0.207 e. The second-order valence-corrected chi connectivity index (χ2v) is 6.40. The van der Waals surface area contributed by atoms with Gasteiger partial charge in [0.15, 0.2) is 0 Å². The molecule has 8 heteroatoms. The summed E-state index contributed by atoms with van der Waals surface area (Å²) >= 11 is 0. The first-order chi connectivity index (χ1) is 11.2. The van der Waals surface area contributed by atoms with Crippen molar-refractivity contribution in [3.05, 3.63) is 65.5 Å². The summed E-state index contributed by atoms with van der Waals surface area (Å²) < 4.78 is 77.2. The first-order valence-corrected chi connectivity index (χ1v) is 8.09. The molecule has 0 aliphatic rings. The van der Waals surface area contributed by atoms with Crippen molar-refractivity contribution in [2.24, 2.45) is 0 Å². The van der Waals surface area contributed by atoms with Crippen LogP contribution in [0.1, 0.15) is 11.1 Å². The minimum absolute atomic E-state index is 0.0933. The smallest absolute Gasteiger partial charge is 0.207 e. The van der Waals surface area contributed by atoms with E-state index in [1.165, 1.54) is 18.2 Å². The normalized spacial score (nSPS) is 11.7.